The van der Waals surface area contributed by atoms with Crippen molar-refractivity contribution in [1.82, 2.24) is 9.97 Å². The molecule has 1 saturated carbocycles. The molecule has 1 aliphatic carbocycles. The third-order valence-corrected chi connectivity index (χ3v) is 9.39. The van der Waals surface area contributed by atoms with Gasteiger partial charge in [-0.25, -0.2) is 14.8 Å². The molecular weight excluding hydrogens is 556 g/mol. The zero-order valence-electron chi connectivity index (χ0n) is 28.0. The van der Waals surface area contributed by atoms with E-state index < -0.39 is 5.97 Å². The standard InChI is InChI=1S/C40H56N2O3/c1-3-5-7-9-11-13-15-32-17-19-34(20-18-32)35-21-25-37(26-22-35)44-31-39(43)45-38-27-23-36(24-28-38)40-41-29-33(30-42-40)16-14-12-10-8-6-4-2/h21-30,32,34H,3-20,31H2,1-2H3. The zero-order valence-corrected chi connectivity index (χ0v) is 28.0. The third kappa shape index (κ3) is 12.6. The lowest BCUT2D eigenvalue weighted by Crippen LogP contribution is -2.17. The second-order valence-corrected chi connectivity index (χ2v) is 13.1. The summed E-state index contributed by atoms with van der Waals surface area (Å²) >= 11 is 0. The highest BCUT2D eigenvalue weighted by Gasteiger charge is 2.22. The molecule has 0 aliphatic heterocycles. The van der Waals surface area contributed by atoms with Gasteiger partial charge in [-0.1, -0.05) is 103 Å². The Bertz CT molecular complexity index is 1220. The zero-order chi connectivity index (χ0) is 31.5. The molecule has 1 heterocycles. The number of hydrogen-bond donors (Lipinski definition) is 0. The van der Waals surface area contributed by atoms with Crippen LogP contribution in [0.5, 0.6) is 11.5 Å². The van der Waals surface area contributed by atoms with Gasteiger partial charge in [0.2, 0.25) is 0 Å². The Balaban J connectivity index is 1.12. The molecule has 0 unspecified atom stereocenters. The van der Waals surface area contributed by atoms with E-state index in [0.717, 1.165) is 17.9 Å². The third-order valence-electron chi connectivity index (χ3n) is 9.39. The molecule has 244 valence electrons. The van der Waals surface area contributed by atoms with Crippen molar-refractivity contribution in [3.05, 3.63) is 72.1 Å². The van der Waals surface area contributed by atoms with Gasteiger partial charge in [0, 0.05) is 18.0 Å². The topological polar surface area (TPSA) is 61.3 Å². The van der Waals surface area contributed by atoms with Crippen molar-refractivity contribution in [2.75, 3.05) is 6.61 Å². The van der Waals surface area contributed by atoms with Crippen LogP contribution in [0.25, 0.3) is 11.4 Å². The summed E-state index contributed by atoms with van der Waals surface area (Å²) in [5, 5.41) is 0. The number of ether oxygens (including phenoxy) is 2. The van der Waals surface area contributed by atoms with Crippen LogP contribution in [0.3, 0.4) is 0 Å². The van der Waals surface area contributed by atoms with E-state index in [4.69, 9.17) is 9.47 Å². The number of esters is 1. The Labute approximate surface area is 272 Å². The predicted octanol–water partition coefficient (Wildman–Crippen LogP) is 11.1. The first-order valence-corrected chi connectivity index (χ1v) is 18.0. The fourth-order valence-electron chi connectivity index (χ4n) is 6.55. The molecule has 3 aromatic rings. The van der Waals surface area contributed by atoms with E-state index in [2.05, 4.69) is 35.9 Å². The van der Waals surface area contributed by atoms with Crippen LogP contribution in [0.15, 0.2) is 60.9 Å². The second kappa shape index (κ2) is 20.0. The lowest BCUT2D eigenvalue weighted by Gasteiger charge is -2.29. The number of unbranched alkanes of at least 4 members (excludes halogenated alkanes) is 10. The van der Waals surface area contributed by atoms with Crippen LogP contribution < -0.4 is 9.47 Å². The maximum atomic E-state index is 12.5. The number of hydrogen-bond acceptors (Lipinski definition) is 5. The molecule has 5 nitrogen and oxygen atoms in total. The van der Waals surface area contributed by atoms with Crippen LogP contribution in [-0.4, -0.2) is 22.5 Å². The average Bonchev–Trinajstić information content (AvgIpc) is 3.08. The molecule has 0 saturated heterocycles. The molecule has 0 amide bonds. The van der Waals surface area contributed by atoms with Crippen LogP contribution >= 0.6 is 0 Å². The van der Waals surface area contributed by atoms with Gasteiger partial charge in [-0.3, -0.25) is 0 Å². The lowest BCUT2D eigenvalue weighted by molar-refractivity contribution is -0.136. The lowest BCUT2D eigenvalue weighted by atomic mass is 9.77. The molecular formula is C40H56N2O3. The second-order valence-electron chi connectivity index (χ2n) is 13.1. The normalized spacial score (nSPS) is 16.4. The maximum absolute atomic E-state index is 12.5. The largest absolute Gasteiger partial charge is 0.482 e. The summed E-state index contributed by atoms with van der Waals surface area (Å²) in [6.45, 7) is 4.40. The van der Waals surface area contributed by atoms with Crippen molar-refractivity contribution in [2.45, 2.75) is 135 Å². The minimum atomic E-state index is -0.425. The van der Waals surface area contributed by atoms with Gasteiger partial charge in [0.15, 0.2) is 12.4 Å². The molecule has 2 aromatic carbocycles. The van der Waals surface area contributed by atoms with E-state index >= 15 is 0 Å². The van der Waals surface area contributed by atoms with E-state index in [9.17, 15) is 4.79 Å². The van der Waals surface area contributed by atoms with Crippen molar-refractivity contribution < 1.29 is 14.3 Å². The molecule has 0 bridgehead atoms. The summed E-state index contributed by atoms with van der Waals surface area (Å²) in [5.41, 5.74) is 3.46. The van der Waals surface area contributed by atoms with Gasteiger partial charge in [-0.15, -0.1) is 0 Å². The van der Waals surface area contributed by atoms with Crippen molar-refractivity contribution >= 4 is 5.97 Å². The molecule has 45 heavy (non-hydrogen) atoms. The Kier molecular flexibility index (Phi) is 15.4. The van der Waals surface area contributed by atoms with E-state index in [1.54, 1.807) is 12.1 Å². The monoisotopic (exact) mass is 612 g/mol. The summed E-state index contributed by atoms with van der Waals surface area (Å²) in [7, 11) is 0. The first-order chi connectivity index (χ1) is 22.1. The molecule has 0 spiro atoms. The maximum Gasteiger partial charge on any atom is 0.349 e. The smallest absolute Gasteiger partial charge is 0.349 e. The number of benzene rings is 2. The van der Waals surface area contributed by atoms with E-state index in [1.807, 2.05) is 36.7 Å². The van der Waals surface area contributed by atoms with E-state index in [-0.39, 0.29) is 6.61 Å². The van der Waals surface area contributed by atoms with Crippen molar-refractivity contribution in [3.63, 3.8) is 0 Å². The van der Waals surface area contributed by atoms with Gasteiger partial charge in [0.25, 0.3) is 0 Å². The molecule has 1 aliphatic rings. The molecule has 0 atom stereocenters. The Morgan fingerprint density at radius 1 is 0.689 bits per heavy atom. The number of carbonyl (C=O) groups excluding carboxylic acids is 1. The van der Waals surface area contributed by atoms with Gasteiger partial charge in [0.1, 0.15) is 11.5 Å². The van der Waals surface area contributed by atoms with Crippen molar-refractivity contribution in [3.8, 4) is 22.9 Å². The summed E-state index contributed by atoms with van der Waals surface area (Å²) in [5.74, 6) is 2.98. The van der Waals surface area contributed by atoms with Gasteiger partial charge in [0.05, 0.1) is 0 Å². The van der Waals surface area contributed by atoms with Crippen LogP contribution in [0.2, 0.25) is 0 Å². The van der Waals surface area contributed by atoms with Crippen molar-refractivity contribution in [1.29, 1.82) is 0 Å². The highest BCUT2D eigenvalue weighted by atomic mass is 16.6. The summed E-state index contributed by atoms with van der Waals surface area (Å²) < 4.78 is 11.2. The SMILES string of the molecule is CCCCCCCCc1cnc(-c2ccc(OC(=O)COc3ccc(C4CCC(CCCCCCCC)CC4)cc3)cc2)nc1. The van der Waals surface area contributed by atoms with Gasteiger partial charge < -0.3 is 9.47 Å². The Hall–Kier alpha value is -3.21. The molecule has 1 aromatic heterocycles. The Morgan fingerprint density at radius 3 is 1.91 bits per heavy atom. The van der Waals surface area contributed by atoms with Crippen molar-refractivity contribution in [2.24, 2.45) is 5.92 Å². The molecule has 5 heteroatoms. The molecule has 1 fully saturated rings. The fourth-order valence-corrected chi connectivity index (χ4v) is 6.55. The highest BCUT2D eigenvalue weighted by molar-refractivity contribution is 5.74. The minimum Gasteiger partial charge on any atom is -0.482 e. The number of carbonyl (C=O) groups is 1. The van der Waals surface area contributed by atoms with E-state index in [1.165, 1.54) is 120 Å². The van der Waals surface area contributed by atoms with Gasteiger partial charge in [-0.05, 0) is 97.9 Å². The number of aromatic nitrogens is 2. The van der Waals surface area contributed by atoms with Crippen LogP contribution in [-0.2, 0) is 11.2 Å². The first kappa shape index (κ1) is 34.7. The van der Waals surface area contributed by atoms with Crippen LogP contribution in [0.4, 0.5) is 0 Å². The van der Waals surface area contributed by atoms with E-state index in [0.29, 0.717) is 23.2 Å². The average molecular weight is 613 g/mol. The highest BCUT2D eigenvalue weighted by Crippen LogP contribution is 2.38. The quantitative estimate of drug-likeness (QED) is 0.0721. The number of rotatable bonds is 20. The molecule has 4 rings (SSSR count). The van der Waals surface area contributed by atoms with Crippen LogP contribution in [0, 0.1) is 5.92 Å². The molecule has 0 N–H and O–H groups in total. The number of aryl methyl sites for hydroxylation is 1. The Morgan fingerprint density at radius 2 is 1.27 bits per heavy atom. The summed E-state index contributed by atoms with van der Waals surface area (Å²) in [4.78, 5) is 21.6. The minimum absolute atomic E-state index is 0.131. The summed E-state index contributed by atoms with van der Waals surface area (Å²) in [6.07, 6.45) is 27.6. The predicted molar refractivity (Wildman–Crippen MR) is 185 cm³/mol. The fraction of sp³-hybridized carbons (Fsp3) is 0.575. The first-order valence-electron chi connectivity index (χ1n) is 18.0. The van der Waals surface area contributed by atoms with Gasteiger partial charge >= 0.3 is 5.97 Å². The van der Waals surface area contributed by atoms with Crippen LogP contribution in [0.1, 0.15) is 140 Å². The van der Waals surface area contributed by atoms with Gasteiger partial charge in [-0.2, -0.15) is 0 Å². The number of nitrogens with zero attached hydrogens (tertiary/aromatic N) is 2. The summed E-state index contributed by atoms with van der Waals surface area (Å²) in [6, 6.07) is 15.6. The molecule has 0 radical (unpaired) electrons.